The first kappa shape index (κ1) is 23.3. The summed E-state index contributed by atoms with van der Waals surface area (Å²) in [6.45, 7) is 0. The van der Waals surface area contributed by atoms with E-state index in [0.717, 1.165) is 28.2 Å². The van der Waals surface area contributed by atoms with E-state index in [9.17, 15) is 9.59 Å². The van der Waals surface area contributed by atoms with Crippen LogP contribution in [0.5, 0.6) is 0 Å². The molecule has 180 valence electrons. The summed E-state index contributed by atoms with van der Waals surface area (Å²) in [5.41, 5.74) is 5.80. The molecular formula is C27H23ClN6O2. The van der Waals surface area contributed by atoms with Crippen molar-refractivity contribution in [3.05, 3.63) is 89.1 Å². The van der Waals surface area contributed by atoms with Crippen molar-refractivity contribution in [2.24, 2.45) is 0 Å². The fourth-order valence-electron chi connectivity index (χ4n) is 3.90. The number of nitrogens with one attached hydrogen (secondary N) is 3. The second-order valence-corrected chi connectivity index (χ2v) is 9.02. The second kappa shape index (κ2) is 9.67. The molecule has 0 fully saturated rings. The number of halogens is 1. The lowest BCUT2D eigenvalue weighted by Gasteiger charge is -2.13. The molecule has 0 saturated carbocycles. The van der Waals surface area contributed by atoms with E-state index in [0.29, 0.717) is 27.9 Å². The molecule has 4 aromatic rings. The molecular weight excluding hydrogens is 476 g/mol. The van der Waals surface area contributed by atoms with Crippen LogP contribution in [0.2, 0.25) is 5.02 Å². The number of amides is 2. The number of fused-ring (bicyclic) bond motifs is 3. The Morgan fingerprint density at radius 3 is 2.44 bits per heavy atom. The van der Waals surface area contributed by atoms with Gasteiger partial charge in [-0.2, -0.15) is 0 Å². The van der Waals surface area contributed by atoms with Gasteiger partial charge in [0.05, 0.1) is 17.8 Å². The van der Waals surface area contributed by atoms with Gasteiger partial charge in [0.25, 0.3) is 5.91 Å². The van der Waals surface area contributed by atoms with E-state index in [1.165, 1.54) is 0 Å². The Kier molecular flexibility index (Phi) is 6.26. The summed E-state index contributed by atoms with van der Waals surface area (Å²) < 4.78 is 0. The fraction of sp³-hybridized carbons (Fsp3) is 0.111. The van der Waals surface area contributed by atoms with E-state index in [1.807, 2.05) is 49.3 Å². The Morgan fingerprint density at radius 1 is 1.00 bits per heavy atom. The number of carbonyl (C=O) groups excluding carboxylic acids is 2. The number of benzene rings is 3. The van der Waals surface area contributed by atoms with Crippen LogP contribution in [0.4, 0.5) is 28.7 Å². The van der Waals surface area contributed by atoms with Crippen molar-refractivity contribution in [1.82, 2.24) is 9.97 Å². The normalized spacial score (nSPS) is 12.0. The second-order valence-electron chi connectivity index (χ2n) is 8.58. The summed E-state index contributed by atoms with van der Waals surface area (Å²) in [4.78, 5) is 36.0. The van der Waals surface area contributed by atoms with Gasteiger partial charge in [-0.05, 0) is 66.7 Å². The minimum Gasteiger partial charge on any atom is -0.378 e. The molecule has 0 bridgehead atoms. The molecule has 0 aliphatic carbocycles. The number of rotatable bonds is 5. The maximum Gasteiger partial charge on any atom is 0.255 e. The van der Waals surface area contributed by atoms with Crippen molar-refractivity contribution >= 4 is 52.1 Å². The average molecular weight is 499 g/mol. The Hall–Kier alpha value is -4.43. The largest absolute Gasteiger partial charge is 0.378 e. The zero-order valence-electron chi connectivity index (χ0n) is 19.7. The van der Waals surface area contributed by atoms with Gasteiger partial charge in [-0.1, -0.05) is 11.6 Å². The molecule has 0 saturated heterocycles. The minimum absolute atomic E-state index is 0.149. The third kappa shape index (κ3) is 4.99. The molecule has 0 unspecified atom stereocenters. The highest BCUT2D eigenvalue weighted by atomic mass is 35.5. The number of anilines is 5. The Bertz CT molecular complexity index is 1450. The van der Waals surface area contributed by atoms with E-state index >= 15 is 0 Å². The number of nitrogens with zero attached hydrogens (tertiary/aromatic N) is 3. The first-order valence-electron chi connectivity index (χ1n) is 11.3. The topological polar surface area (TPSA) is 99.2 Å². The first-order chi connectivity index (χ1) is 17.4. The summed E-state index contributed by atoms with van der Waals surface area (Å²) in [6, 6.07) is 20.0. The van der Waals surface area contributed by atoms with Crippen LogP contribution in [0.15, 0.2) is 72.9 Å². The Balaban J connectivity index is 1.32. The van der Waals surface area contributed by atoms with Gasteiger partial charge >= 0.3 is 0 Å². The molecule has 0 spiro atoms. The SMILES string of the molecule is CN(C)c1ccc(NC(=O)c2ccc(Nc3ncc4c(n3)-c3ccc(Cl)cc3NC(=O)C4)cc2)cc1. The van der Waals surface area contributed by atoms with Crippen LogP contribution < -0.4 is 20.9 Å². The number of hydrogen-bond donors (Lipinski definition) is 3. The molecule has 1 aromatic heterocycles. The maximum absolute atomic E-state index is 12.7. The molecule has 3 N–H and O–H groups in total. The minimum atomic E-state index is -0.201. The average Bonchev–Trinajstić information content (AvgIpc) is 2.99. The van der Waals surface area contributed by atoms with Gasteiger partial charge in [-0.25, -0.2) is 9.97 Å². The van der Waals surface area contributed by atoms with Gasteiger partial charge in [-0.15, -0.1) is 0 Å². The van der Waals surface area contributed by atoms with Gasteiger partial charge in [0.15, 0.2) is 0 Å². The molecule has 8 nitrogen and oxygen atoms in total. The van der Waals surface area contributed by atoms with Crippen LogP contribution in [-0.4, -0.2) is 35.9 Å². The molecule has 1 aliphatic heterocycles. The van der Waals surface area contributed by atoms with Crippen molar-refractivity contribution in [3.8, 4) is 11.3 Å². The van der Waals surface area contributed by atoms with Crippen molar-refractivity contribution in [1.29, 1.82) is 0 Å². The molecule has 36 heavy (non-hydrogen) atoms. The van der Waals surface area contributed by atoms with Crippen LogP contribution in [0.3, 0.4) is 0 Å². The first-order valence-corrected chi connectivity index (χ1v) is 11.6. The molecule has 0 radical (unpaired) electrons. The van der Waals surface area contributed by atoms with Crippen molar-refractivity contribution in [3.63, 3.8) is 0 Å². The predicted octanol–water partition coefficient (Wildman–Crippen LogP) is 5.35. The highest BCUT2D eigenvalue weighted by Gasteiger charge is 2.21. The van der Waals surface area contributed by atoms with Crippen molar-refractivity contribution in [2.45, 2.75) is 6.42 Å². The molecule has 0 atom stereocenters. The summed E-state index contributed by atoms with van der Waals surface area (Å²) in [5.74, 6) is 0.0270. The Labute approximate surface area is 213 Å². The highest BCUT2D eigenvalue weighted by molar-refractivity contribution is 6.31. The van der Waals surface area contributed by atoms with Crippen molar-refractivity contribution < 1.29 is 9.59 Å². The molecule has 9 heteroatoms. The standard InChI is InChI=1S/C27H23ClN6O2/c1-34(2)21-10-8-19(9-11-21)30-26(36)16-3-6-20(7-4-16)31-27-29-15-17-13-24(35)32-23-14-18(28)5-12-22(23)25(17)33-27/h3-12,14-15H,13H2,1-2H3,(H,30,36)(H,32,35)(H,29,31,33). The molecule has 3 aromatic carbocycles. The lowest BCUT2D eigenvalue weighted by molar-refractivity contribution is -0.115. The zero-order valence-corrected chi connectivity index (χ0v) is 20.4. The predicted molar refractivity (Wildman–Crippen MR) is 143 cm³/mol. The van der Waals surface area contributed by atoms with Gasteiger partial charge in [0, 0.05) is 59.1 Å². The summed E-state index contributed by atoms with van der Waals surface area (Å²) in [7, 11) is 3.93. The van der Waals surface area contributed by atoms with Crippen LogP contribution in [0, 0.1) is 0 Å². The quantitative estimate of drug-likeness (QED) is 0.343. The fourth-order valence-corrected chi connectivity index (χ4v) is 4.08. The van der Waals surface area contributed by atoms with Crippen LogP contribution in [-0.2, 0) is 11.2 Å². The van der Waals surface area contributed by atoms with Crippen LogP contribution in [0.25, 0.3) is 11.3 Å². The molecule has 1 aliphatic rings. The number of aromatic nitrogens is 2. The summed E-state index contributed by atoms with van der Waals surface area (Å²) >= 11 is 6.11. The lowest BCUT2D eigenvalue weighted by Crippen LogP contribution is -2.13. The van der Waals surface area contributed by atoms with E-state index in [2.05, 4.69) is 25.9 Å². The smallest absolute Gasteiger partial charge is 0.255 e. The summed E-state index contributed by atoms with van der Waals surface area (Å²) in [6.07, 6.45) is 1.82. The van der Waals surface area contributed by atoms with Gasteiger partial charge in [0.1, 0.15) is 0 Å². The Morgan fingerprint density at radius 2 is 1.72 bits per heavy atom. The van der Waals surface area contributed by atoms with Crippen molar-refractivity contribution in [2.75, 3.05) is 34.9 Å². The van der Waals surface area contributed by atoms with Gasteiger partial charge in [-0.3, -0.25) is 9.59 Å². The number of hydrogen-bond acceptors (Lipinski definition) is 6. The lowest BCUT2D eigenvalue weighted by atomic mass is 10.1. The zero-order chi connectivity index (χ0) is 25.2. The van der Waals surface area contributed by atoms with Gasteiger partial charge in [0.2, 0.25) is 11.9 Å². The third-order valence-corrected chi connectivity index (χ3v) is 6.01. The van der Waals surface area contributed by atoms with E-state index < -0.39 is 0 Å². The van der Waals surface area contributed by atoms with Crippen LogP contribution >= 0.6 is 11.6 Å². The monoisotopic (exact) mass is 498 g/mol. The third-order valence-electron chi connectivity index (χ3n) is 5.77. The van der Waals surface area contributed by atoms with Gasteiger partial charge < -0.3 is 20.9 Å². The molecule has 2 amide bonds. The van der Waals surface area contributed by atoms with E-state index in [4.69, 9.17) is 11.6 Å². The number of carbonyl (C=O) groups is 2. The highest BCUT2D eigenvalue weighted by Crippen LogP contribution is 2.34. The maximum atomic E-state index is 12.7. The molecule has 2 heterocycles. The van der Waals surface area contributed by atoms with E-state index in [-0.39, 0.29) is 18.2 Å². The summed E-state index contributed by atoms with van der Waals surface area (Å²) in [5, 5.41) is 9.47. The molecule has 5 rings (SSSR count). The van der Waals surface area contributed by atoms with Crippen LogP contribution in [0.1, 0.15) is 15.9 Å². The van der Waals surface area contributed by atoms with E-state index in [1.54, 1.807) is 42.6 Å².